The normalized spacial score (nSPS) is 21.5. The van der Waals surface area contributed by atoms with Gasteiger partial charge in [0, 0.05) is 31.8 Å². The van der Waals surface area contributed by atoms with E-state index < -0.39 is 0 Å². The minimum atomic E-state index is 0.123. The molecule has 0 amide bonds. The summed E-state index contributed by atoms with van der Waals surface area (Å²) in [5.41, 5.74) is 7.49. The molecule has 0 bridgehead atoms. The van der Waals surface area contributed by atoms with Crippen molar-refractivity contribution in [2.75, 3.05) is 19.7 Å². The van der Waals surface area contributed by atoms with Crippen LogP contribution in [0.5, 0.6) is 0 Å². The fourth-order valence-corrected chi connectivity index (χ4v) is 2.27. The molecule has 0 aromatic heterocycles. The third-order valence-electron chi connectivity index (χ3n) is 3.21. The lowest BCUT2D eigenvalue weighted by Gasteiger charge is -2.21. The summed E-state index contributed by atoms with van der Waals surface area (Å²) in [7, 11) is 0. The van der Waals surface area contributed by atoms with Crippen molar-refractivity contribution in [1.29, 1.82) is 5.41 Å². The van der Waals surface area contributed by atoms with E-state index >= 15 is 0 Å². The maximum atomic E-state index is 7.36. The summed E-state index contributed by atoms with van der Waals surface area (Å²) in [5.74, 6) is 0.123. The zero-order chi connectivity index (χ0) is 13.0. The smallest absolute Gasteiger partial charge is 0.122 e. The molecule has 0 aliphatic carbocycles. The van der Waals surface area contributed by atoms with E-state index in [1.54, 1.807) is 0 Å². The number of amidine groups is 1. The maximum absolute atomic E-state index is 7.36. The molecule has 0 radical (unpaired) electrons. The molecular formula is C14H21N3O. The molecule has 3 N–H and O–H groups in total. The highest BCUT2D eigenvalue weighted by molar-refractivity contribution is 5.94. The van der Waals surface area contributed by atoms with Gasteiger partial charge in [-0.1, -0.05) is 24.3 Å². The molecule has 1 heterocycles. The van der Waals surface area contributed by atoms with E-state index in [1.165, 1.54) is 5.56 Å². The molecule has 2 rings (SSSR count). The zero-order valence-corrected chi connectivity index (χ0v) is 10.9. The van der Waals surface area contributed by atoms with Crippen LogP contribution in [0.4, 0.5) is 0 Å². The molecule has 1 saturated heterocycles. The van der Waals surface area contributed by atoms with Gasteiger partial charge in [0.1, 0.15) is 5.84 Å². The first-order valence-corrected chi connectivity index (χ1v) is 6.42. The number of nitrogens with one attached hydrogen (secondary N) is 1. The minimum Gasteiger partial charge on any atom is -0.384 e. The van der Waals surface area contributed by atoms with Crippen molar-refractivity contribution in [3.63, 3.8) is 0 Å². The Morgan fingerprint density at radius 1 is 1.44 bits per heavy atom. The SMILES string of the molecule is CC1CN(Cc2ccc(C(=N)N)cc2)CCCO1. The first-order chi connectivity index (χ1) is 8.65. The lowest BCUT2D eigenvalue weighted by atomic mass is 10.1. The number of hydrogen-bond donors (Lipinski definition) is 2. The molecule has 0 spiro atoms. The van der Waals surface area contributed by atoms with E-state index in [0.717, 1.165) is 38.2 Å². The number of benzene rings is 1. The van der Waals surface area contributed by atoms with Gasteiger partial charge in [0.25, 0.3) is 0 Å². The van der Waals surface area contributed by atoms with Crippen LogP contribution in [0.3, 0.4) is 0 Å². The second-order valence-corrected chi connectivity index (χ2v) is 4.88. The number of nitrogens with two attached hydrogens (primary N) is 1. The lowest BCUT2D eigenvalue weighted by molar-refractivity contribution is 0.0668. The van der Waals surface area contributed by atoms with Gasteiger partial charge in [-0.2, -0.15) is 0 Å². The van der Waals surface area contributed by atoms with Gasteiger partial charge in [0.05, 0.1) is 6.10 Å². The number of nitrogen functional groups attached to an aromatic ring is 1. The Hall–Kier alpha value is -1.39. The molecule has 1 unspecified atom stereocenters. The Morgan fingerprint density at radius 3 is 2.83 bits per heavy atom. The monoisotopic (exact) mass is 247 g/mol. The predicted molar refractivity (Wildman–Crippen MR) is 72.8 cm³/mol. The second kappa shape index (κ2) is 5.98. The highest BCUT2D eigenvalue weighted by Gasteiger charge is 2.14. The van der Waals surface area contributed by atoms with Crippen molar-refractivity contribution in [3.05, 3.63) is 35.4 Å². The summed E-state index contributed by atoms with van der Waals surface area (Å²) in [6, 6.07) is 7.92. The van der Waals surface area contributed by atoms with Crippen molar-refractivity contribution < 1.29 is 4.74 Å². The van der Waals surface area contributed by atoms with E-state index in [-0.39, 0.29) is 5.84 Å². The van der Waals surface area contributed by atoms with E-state index in [0.29, 0.717) is 6.10 Å². The number of hydrogen-bond acceptors (Lipinski definition) is 3. The van der Waals surface area contributed by atoms with Crippen molar-refractivity contribution >= 4 is 5.84 Å². The van der Waals surface area contributed by atoms with E-state index in [4.69, 9.17) is 15.9 Å². The fraction of sp³-hybridized carbons (Fsp3) is 0.500. The third-order valence-corrected chi connectivity index (χ3v) is 3.21. The van der Waals surface area contributed by atoms with Crippen molar-refractivity contribution in [1.82, 2.24) is 4.90 Å². The summed E-state index contributed by atoms with van der Waals surface area (Å²) in [4.78, 5) is 2.42. The molecule has 1 aromatic carbocycles. The summed E-state index contributed by atoms with van der Waals surface area (Å²) in [6.07, 6.45) is 1.40. The van der Waals surface area contributed by atoms with Crippen LogP contribution in [0.25, 0.3) is 0 Å². The van der Waals surface area contributed by atoms with Gasteiger partial charge in [-0.05, 0) is 18.9 Å². The predicted octanol–water partition coefficient (Wildman–Crippen LogP) is 1.58. The van der Waals surface area contributed by atoms with Crippen LogP contribution in [0.15, 0.2) is 24.3 Å². The van der Waals surface area contributed by atoms with Crippen LogP contribution in [-0.2, 0) is 11.3 Å². The average molecular weight is 247 g/mol. The molecule has 98 valence electrons. The molecule has 1 aliphatic heterocycles. The quantitative estimate of drug-likeness (QED) is 0.629. The van der Waals surface area contributed by atoms with Gasteiger partial charge in [-0.15, -0.1) is 0 Å². The lowest BCUT2D eigenvalue weighted by Crippen LogP contribution is -2.29. The van der Waals surface area contributed by atoms with Crippen LogP contribution in [0, 0.1) is 5.41 Å². The molecule has 18 heavy (non-hydrogen) atoms. The number of ether oxygens (including phenoxy) is 1. The van der Waals surface area contributed by atoms with Gasteiger partial charge >= 0.3 is 0 Å². The van der Waals surface area contributed by atoms with Gasteiger partial charge in [0.2, 0.25) is 0 Å². The van der Waals surface area contributed by atoms with Crippen LogP contribution in [0.1, 0.15) is 24.5 Å². The molecule has 4 heteroatoms. The molecule has 1 atom stereocenters. The summed E-state index contributed by atoms with van der Waals surface area (Å²) in [6.45, 7) is 5.98. The van der Waals surface area contributed by atoms with E-state index in [9.17, 15) is 0 Å². The minimum absolute atomic E-state index is 0.123. The Morgan fingerprint density at radius 2 is 2.17 bits per heavy atom. The largest absolute Gasteiger partial charge is 0.384 e. The van der Waals surface area contributed by atoms with Gasteiger partial charge in [-0.25, -0.2) is 0 Å². The van der Waals surface area contributed by atoms with E-state index in [2.05, 4.69) is 11.8 Å². The second-order valence-electron chi connectivity index (χ2n) is 4.88. The van der Waals surface area contributed by atoms with Crippen LogP contribution in [0.2, 0.25) is 0 Å². The van der Waals surface area contributed by atoms with Gasteiger partial charge in [-0.3, -0.25) is 10.3 Å². The highest BCUT2D eigenvalue weighted by Crippen LogP contribution is 2.11. The molecular weight excluding hydrogens is 226 g/mol. The Kier molecular flexibility index (Phi) is 4.33. The molecule has 1 aliphatic rings. The summed E-state index contributed by atoms with van der Waals surface area (Å²) in [5, 5.41) is 7.36. The molecule has 1 aromatic rings. The van der Waals surface area contributed by atoms with Crippen molar-refractivity contribution in [2.45, 2.75) is 26.0 Å². The molecule has 1 fully saturated rings. The summed E-state index contributed by atoms with van der Waals surface area (Å²) < 4.78 is 5.63. The van der Waals surface area contributed by atoms with Crippen molar-refractivity contribution in [2.24, 2.45) is 5.73 Å². The number of rotatable bonds is 3. The summed E-state index contributed by atoms with van der Waals surface area (Å²) >= 11 is 0. The standard InChI is InChI=1S/C14H21N3O/c1-11-9-17(7-2-8-18-11)10-12-3-5-13(6-4-12)14(15)16/h3-6,11H,2,7-10H2,1H3,(H3,15,16). The zero-order valence-electron chi connectivity index (χ0n) is 10.9. The Labute approximate surface area is 108 Å². The van der Waals surface area contributed by atoms with Crippen molar-refractivity contribution in [3.8, 4) is 0 Å². The van der Waals surface area contributed by atoms with Crippen LogP contribution < -0.4 is 5.73 Å². The maximum Gasteiger partial charge on any atom is 0.122 e. The first kappa shape index (κ1) is 13.1. The van der Waals surface area contributed by atoms with Gasteiger partial charge < -0.3 is 10.5 Å². The Bertz CT molecular complexity index is 402. The van der Waals surface area contributed by atoms with Crippen LogP contribution in [-0.4, -0.2) is 36.5 Å². The fourth-order valence-electron chi connectivity index (χ4n) is 2.27. The third kappa shape index (κ3) is 3.55. The van der Waals surface area contributed by atoms with E-state index in [1.807, 2.05) is 24.3 Å². The first-order valence-electron chi connectivity index (χ1n) is 6.42. The molecule has 4 nitrogen and oxygen atoms in total. The number of nitrogens with zero attached hydrogens (tertiary/aromatic N) is 1. The Balaban J connectivity index is 1.97. The topological polar surface area (TPSA) is 62.3 Å². The average Bonchev–Trinajstić information content (AvgIpc) is 2.54. The van der Waals surface area contributed by atoms with Gasteiger partial charge in [0.15, 0.2) is 0 Å². The highest BCUT2D eigenvalue weighted by atomic mass is 16.5. The molecule has 0 saturated carbocycles. The van der Waals surface area contributed by atoms with Crippen LogP contribution >= 0.6 is 0 Å².